The summed E-state index contributed by atoms with van der Waals surface area (Å²) in [5.74, 6) is -0.155. The summed E-state index contributed by atoms with van der Waals surface area (Å²) < 4.78 is 14.0. The number of aromatic nitrogens is 4. The fourth-order valence-electron chi connectivity index (χ4n) is 3.97. The van der Waals surface area contributed by atoms with Crippen molar-refractivity contribution < 1.29 is 19.1 Å². The highest BCUT2D eigenvalue weighted by atomic mass is 16.6. The Morgan fingerprint density at radius 3 is 2.64 bits per heavy atom. The lowest BCUT2D eigenvalue weighted by Crippen LogP contribution is -2.34. The third kappa shape index (κ3) is 5.18. The van der Waals surface area contributed by atoms with E-state index in [9.17, 15) is 14.4 Å². The maximum atomic E-state index is 13.3. The number of carbonyl (C=O) groups excluding carboxylic acids is 2. The summed E-state index contributed by atoms with van der Waals surface area (Å²) in [5.41, 5.74) is 0.187. The molecule has 192 valence electrons. The standard InChI is InChI=1S/C24H31N7O5/c1-24(2,3)36-23(34)29(5)17-13-19(28-31-18(21(32)25-4)14-26-20(17)31)27-16-7-6-10-30(22(16)33)15-8-11-35-12-9-15/h6-7,10,13-15H,8-9,11-12H2,1-5H3,(H,25,32)(H,27,28). The normalized spacial score (nSPS) is 14.5. The van der Waals surface area contributed by atoms with Gasteiger partial charge in [0.05, 0.1) is 11.9 Å². The van der Waals surface area contributed by atoms with E-state index < -0.39 is 17.6 Å². The molecule has 2 amide bonds. The third-order valence-corrected chi connectivity index (χ3v) is 5.76. The van der Waals surface area contributed by atoms with Gasteiger partial charge in [0.25, 0.3) is 11.5 Å². The van der Waals surface area contributed by atoms with Crippen molar-refractivity contribution in [1.29, 1.82) is 0 Å². The molecular formula is C24H31N7O5. The number of pyridine rings is 1. The smallest absolute Gasteiger partial charge is 0.414 e. The maximum absolute atomic E-state index is 13.3. The Bertz CT molecular complexity index is 1330. The van der Waals surface area contributed by atoms with Crippen LogP contribution in [0.15, 0.2) is 35.4 Å². The van der Waals surface area contributed by atoms with Crippen LogP contribution in [0.1, 0.15) is 50.1 Å². The molecule has 12 heteroatoms. The van der Waals surface area contributed by atoms with E-state index in [1.165, 1.54) is 22.7 Å². The Kier molecular flexibility index (Phi) is 6.97. The fourth-order valence-corrected chi connectivity index (χ4v) is 3.97. The molecule has 0 atom stereocenters. The highest BCUT2D eigenvalue weighted by Gasteiger charge is 2.25. The van der Waals surface area contributed by atoms with Crippen molar-refractivity contribution in [2.45, 2.75) is 45.3 Å². The van der Waals surface area contributed by atoms with Crippen molar-refractivity contribution in [3.8, 4) is 0 Å². The van der Waals surface area contributed by atoms with Crippen LogP contribution in [0.5, 0.6) is 0 Å². The quantitative estimate of drug-likeness (QED) is 0.550. The second-order valence-electron chi connectivity index (χ2n) is 9.51. The number of hydrogen-bond acceptors (Lipinski definition) is 8. The SMILES string of the molecule is CNC(=O)c1cnc2c(N(C)C(=O)OC(C)(C)C)cc(Nc3cccn(C4CCOCC4)c3=O)nn12. The molecule has 0 aliphatic carbocycles. The Morgan fingerprint density at radius 1 is 1.25 bits per heavy atom. The van der Waals surface area contributed by atoms with Crippen LogP contribution in [0, 0.1) is 0 Å². The third-order valence-electron chi connectivity index (χ3n) is 5.76. The van der Waals surface area contributed by atoms with Crippen molar-refractivity contribution in [2.24, 2.45) is 0 Å². The molecule has 0 spiro atoms. The molecule has 0 unspecified atom stereocenters. The second kappa shape index (κ2) is 9.97. The summed E-state index contributed by atoms with van der Waals surface area (Å²) >= 11 is 0. The average Bonchev–Trinajstić information content (AvgIpc) is 3.27. The van der Waals surface area contributed by atoms with Gasteiger partial charge in [0, 0.05) is 45.6 Å². The molecule has 1 aliphatic heterocycles. The van der Waals surface area contributed by atoms with E-state index in [0.717, 1.165) is 12.8 Å². The van der Waals surface area contributed by atoms with Gasteiger partial charge in [-0.1, -0.05) is 0 Å². The number of nitrogens with one attached hydrogen (secondary N) is 2. The summed E-state index contributed by atoms with van der Waals surface area (Å²) in [6, 6.07) is 5.09. The van der Waals surface area contributed by atoms with E-state index in [1.807, 2.05) is 0 Å². The van der Waals surface area contributed by atoms with E-state index >= 15 is 0 Å². The van der Waals surface area contributed by atoms with Crippen molar-refractivity contribution in [3.63, 3.8) is 0 Å². The zero-order chi connectivity index (χ0) is 26.0. The first kappa shape index (κ1) is 25.2. The van der Waals surface area contributed by atoms with Gasteiger partial charge >= 0.3 is 6.09 Å². The van der Waals surface area contributed by atoms with Crippen molar-refractivity contribution in [3.05, 3.63) is 46.6 Å². The van der Waals surface area contributed by atoms with E-state index in [1.54, 1.807) is 56.8 Å². The Hall–Kier alpha value is -3.93. The zero-order valence-corrected chi connectivity index (χ0v) is 21.1. The molecule has 1 aliphatic rings. The molecule has 3 aromatic rings. The molecule has 3 aromatic heterocycles. The molecule has 1 saturated heterocycles. The lowest BCUT2D eigenvalue weighted by molar-refractivity contribution is 0.0589. The number of anilines is 3. The van der Waals surface area contributed by atoms with Gasteiger partial charge in [-0.15, -0.1) is 5.10 Å². The van der Waals surface area contributed by atoms with Crippen LogP contribution in [-0.4, -0.2) is 64.1 Å². The van der Waals surface area contributed by atoms with Crippen LogP contribution in [0.4, 0.5) is 22.0 Å². The Labute approximate surface area is 208 Å². The van der Waals surface area contributed by atoms with Gasteiger partial charge in [-0.05, 0) is 45.7 Å². The molecular weight excluding hydrogens is 466 g/mol. The maximum Gasteiger partial charge on any atom is 0.414 e. The predicted octanol–water partition coefficient (Wildman–Crippen LogP) is 2.72. The molecule has 0 bridgehead atoms. The lowest BCUT2D eigenvalue weighted by Gasteiger charge is -2.25. The monoisotopic (exact) mass is 497 g/mol. The first-order valence-corrected chi connectivity index (χ1v) is 11.7. The van der Waals surface area contributed by atoms with Gasteiger partial charge in [-0.3, -0.25) is 14.5 Å². The van der Waals surface area contributed by atoms with Gasteiger partial charge in [-0.25, -0.2) is 14.3 Å². The van der Waals surface area contributed by atoms with E-state index in [2.05, 4.69) is 20.7 Å². The second-order valence-corrected chi connectivity index (χ2v) is 9.51. The first-order valence-electron chi connectivity index (χ1n) is 11.7. The molecule has 2 N–H and O–H groups in total. The van der Waals surface area contributed by atoms with Gasteiger partial charge in [0.2, 0.25) is 0 Å². The van der Waals surface area contributed by atoms with Crippen LogP contribution < -0.4 is 21.1 Å². The topological polar surface area (TPSA) is 132 Å². The number of ether oxygens (including phenoxy) is 2. The largest absolute Gasteiger partial charge is 0.443 e. The number of rotatable bonds is 5. The first-order chi connectivity index (χ1) is 17.1. The van der Waals surface area contributed by atoms with E-state index in [0.29, 0.717) is 24.6 Å². The highest BCUT2D eigenvalue weighted by Crippen LogP contribution is 2.27. The zero-order valence-electron chi connectivity index (χ0n) is 21.1. The van der Waals surface area contributed by atoms with Crippen LogP contribution in [0.25, 0.3) is 5.65 Å². The lowest BCUT2D eigenvalue weighted by atomic mass is 10.1. The summed E-state index contributed by atoms with van der Waals surface area (Å²) in [7, 11) is 3.04. The average molecular weight is 498 g/mol. The number of nitrogens with zero attached hydrogens (tertiary/aromatic N) is 5. The summed E-state index contributed by atoms with van der Waals surface area (Å²) in [4.78, 5) is 44.1. The number of fused-ring (bicyclic) bond motifs is 1. The molecule has 0 saturated carbocycles. The Balaban J connectivity index is 1.77. The molecule has 12 nitrogen and oxygen atoms in total. The molecule has 0 radical (unpaired) electrons. The van der Waals surface area contributed by atoms with E-state index in [-0.39, 0.29) is 28.8 Å². The van der Waals surface area contributed by atoms with Crippen molar-refractivity contribution in [1.82, 2.24) is 24.5 Å². The highest BCUT2D eigenvalue weighted by molar-refractivity contribution is 5.96. The molecule has 1 fully saturated rings. The summed E-state index contributed by atoms with van der Waals surface area (Å²) in [6.07, 6.45) is 4.04. The number of carbonyl (C=O) groups is 2. The number of hydrogen-bond donors (Lipinski definition) is 2. The number of amides is 2. The molecule has 4 rings (SSSR count). The fraction of sp³-hybridized carbons (Fsp3) is 0.458. The summed E-state index contributed by atoms with van der Waals surface area (Å²) in [6.45, 7) is 6.52. The van der Waals surface area contributed by atoms with Crippen molar-refractivity contribution in [2.75, 3.05) is 37.5 Å². The van der Waals surface area contributed by atoms with Crippen molar-refractivity contribution >= 4 is 34.8 Å². The molecule has 4 heterocycles. The summed E-state index contributed by atoms with van der Waals surface area (Å²) in [5, 5.41) is 10.1. The minimum atomic E-state index is -0.711. The van der Waals surface area contributed by atoms with Crippen LogP contribution >= 0.6 is 0 Å². The van der Waals surface area contributed by atoms with Gasteiger partial charge in [0.15, 0.2) is 17.2 Å². The predicted molar refractivity (Wildman–Crippen MR) is 134 cm³/mol. The molecule has 36 heavy (non-hydrogen) atoms. The van der Waals surface area contributed by atoms with Gasteiger partial charge < -0.3 is 24.7 Å². The van der Waals surface area contributed by atoms with Gasteiger partial charge in [-0.2, -0.15) is 0 Å². The van der Waals surface area contributed by atoms with Crippen LogP contribution in [0.3, 0.4) is 0 Å². The van der Waals surface area contributed by atoms with Gasteiger partial charge in [0.1, 0.15) is 11.3 Å². The van der Waals surface area contributed by atoms with Crippen LogP contribution in [0.2, 0.25) is 0 Å². The Morgan fingerprint density at radius 2 is 1.97 bits per heavy atom. The minimum Gasteiger partial charge on any atom is -0.443 e. The number of imidazole rings is 1. The molecule has 0 aromatic carbocycles. The minimum absolute atomic E-state index is 0.0470. The van der Waals surface area contributed by atoms with Crippen LogP contribution in [-0.2, 0) is 9.47 Å². The van der Waals surface area contributed by atoms with E-state index in [4.69, 9.17) is 9.47 Å².